The smallest absolute Gasteiger partial charge is 0.404 e. The molecule has 0 aromatic carbocycles. The van der Waals surface area contributed by atoms with Crippen LogP contribution < -0.4 is 5.73 Å². The Morgan fingerprint density at radius 1 is 0.471 bits per heavy atom. The van der Waals surface area contributed by atoms with E-state index in [2.05, 4.69) is 13.8 Å². The number of primary amides is 1. The SMILES string of the molecule is CCCCCCCCCCCCCCCCCC(CCCCCCCCCCCC)OC(N)=O. The van der Waals surface area contributed by atoms with Gasteiger partial charge in [-0.15, -0.1) is 0 Å². The summed E-state index contributed by atoms with van der Waals surface area (Å²) < 4.78 is 5.39. The zero-order valence-corrected chi connectivity index (χ0v) is 23.6. The zero-order chi connectivity index (χ0) is 25.0. The predicted molar refractivity (Wildman–Crippen MR) is 150 cm³/mol. The van der Waals surface area contributed by atoms with Gasteiger partial charge in [0, 0.05) is 0 Å². The van der Waals surface area contributed by atoms with E-state index >= 15 is 0 Å². The van der Waals surface area contributed by atoms with E-state index in [1.165, 1.54) is 148 Å². The van der Waals surface area contributed by atoms with Crippen LogP contribution in [0.25, 0.3) is 0 Å². The maximum absolute atomic E-state index is 11.3. The number of hydrogen-bond acceptors (Lipinski definition) is 2. The molecular formula is C31H63NO2. The largest absolute Gasteiger partial charge is 0.446 e. The van der Waals surface area contributed by atoms with Crippen LogP contribution in [-0.4, -0.2) is 12.2 Å². The quantitative estimate of drug-likeness (QED) is 0.113. The van der Waals surface area contributed by atoms with Crippen molar-refractivity contribution in [1.82, 2.24) is 0 Å². The maximum Gasteiger partial charge on any atom is 0.404 e. The van der Waals surface area contributed by atoms with Gasteiger partial charge in [-0.3, -0.25) is 0 Å². The first-order chi connectivity index (χ1) is 16.7. The Balaban J connectivity index is 3.49. The number of hydrogen-bond donors (Lipinski definition) is 1. The summed E-state index contributed by atoms with van der Waals surface area (Å²) in [5, 5.41) is 0. The minimum Gasteiger partial charge on any atom is -0.446 e. The van der Waals surface area contributed by atoms with Crippen molar-refractivity contribution in [2.45, 2.75) is 193 Å². The number of carbonyl (C=O) groups is 1. The Hall–Kier alpha value is -0.730. The van der Waals surface area contributed by atoms with Crippen molar-refractivity contribution in [2.75, 3.05) is 0 Å². The first kappa shape index (κ1) is 33.3. The van der Waals surface area contributed by atoms with Crippen LogP contribution in [0.5, 0.6) is 0 Å². The third kappa shape index (κ3) is 27.5. The van der Waals surface area contributed by atoms with Gasteiger partial charge in [0.15, 0.2) is 0 Å². The lowest BCUT2D eigenvalue weighted by molar-refractivity contribution is 0.0921. The number of ether oxygens (including phenoxy) is 1. The number of carbonyl (C=O) groups excluding carboxylic acids is 1. The van der Waals surface area contributed by atoms with Gasteiger partial charge in [0.05, 0.1) is 0 Å². The van der Waals surface area contributed by atoms with E-state index in [-0.39, 0.29) is 6.10 Å². The number of nitrogens with two attached hydrogens (primary N) is 1. The van der Waals surface area contributed by atoms with Crippen LogP contribution in [0.2, 0.25) is 0 Å². The molecule has 3 nitrogen and oxygen atoms in total. The molecular weight excluding hydrogens is 418 g/mol. The molecule has 0 aromatic rings. The summed E-state index contributed by atoms with van der Waals surface area (Å²) in [6, 6.07) is 0. The van der Waals surface area contributed by atoms with Crippen molar-refractivity contribution in [3.8, 4) is 0 Å². The molecule has 1 unspecified atom stereocenters. The van der Waals surface area contributed by atoms with Crippen LogP contribution in [0, 0.1) is 0 Å². The highest BCUT2D eigenvalue weighted by Crippen LogP contribution is 2.18. The Bertz CT molecular complexity index is 399. The summed E-state index contributed by atoms with van der Waals surface area (Å²) in [5.41, 5.74) is 5.31. The van der Waals surface area contributed by atoms with Crippen molar-refractivity contribution >= 4 is 6.09 Å². The molecule has 204 valence electrons. The molecule has 0 aromatic heterocycles. The Labute approximate surface area is 214 Å². The van der Waals surface area contributed by atoms with Crippen molar-refractivity contribution in [3.63, 3.8) is 0 Å². The molecule has 0 bridgehead atoms. The van der Waals surface area contributed by atoms with Crippen molar-refractivity contribution < 1.29 is 9.53 Å². The van der Waals surface area contributed by atoms with E-state index in [9.17, 15) is 4.79 Å². The van der Waals surface area contributed by atoms with Gasteiger partial charge in [0.2, 0.25) is 0 Å². The summed E-state index contributed by atoms with van der Waals surface area (Å²) in [6.45, 7) is 4.56. The number of rotatable bonds is 28. The summed E-state index contributed by atoms with van der Waals surface area (Å²) in [5.74, 6) is 0. The molecule has 1 atom stereocenters. The molecule has 0 radical (unpaired) electrons. The fraction of sp³-hybridized carbons (Fsp3) is 0.968. The molecule has 34 heavy (non-hydrogen) atoms. The number of unbranched alkanes of at least 4 members (excludes halogenated alkanes) is 23. The van der Waals surface area contributed by atoms with Gasteiger partial charge in [0.25, 0.3) is 0 Å². The van der Waals surface area contributed by atoms with Crippen molar-refractivity contribution in [2.24, 2.45) is 5.73 Å². The average molecular weight is 482 g/mol. The Morgan fingerprint density at radius 2 is 0.706 bits per heavy atom. The topological polar surface area (TPSA) is 52.3 Å². The first-order valence-corrected chi connectivity index (χ1v) is 15.7. The molecule has 1 amide bonds. The van der Waals surface area contributed by atoms with Gasteiger partial charge in [-0.1, -0.05) is 162 Å². The molecule has 0 aliphatic carbocycles. The predicted octanol–water partition coefficient (Wildman–Crippen LogP) is 11.0. The standard InChI is InChI=1S/C31H63NO2/c1-3-5-7-9-11-13-15-16-17-18-19-21-23-25-27-29-30(34-31(32)33)28-26-24-22-20-14-12-10-8-6-4-2/h30H,3-29H2,1-2H3,(H2,32,33). The van der Waals surface area contributed by atoms with Gasteiger partial charge < -0.3 is 10.5 Å². The second kappa shape index (κ2) is 28.5. The molecule has 0 saturated carbocycles. The van der Waals surface area contributed by atoms with E-state index in [1.807, 2.05) is 0 Å². The maximum atomic E-state index is 11.3. The lowest BCUT2D eigenvalue weighted by atomic mass is 10.0. The van der Waals surface area contributed by atoms with E-state index in [4.69, 9.17) is 10.5 Å². The van der Waals surface area contributed by atoms with Gasteiger partial charge in [-0.05, 0) is 25.7 Å². The van der Waals surface area contributed by atoms with Crippen LogP contribution in [0.15, 0.2) is 0 Å². The molecule has 0 heterocycles. The second-order valence-corrected chi connectivity index (χ2v) is 10.8. The highest BCUT2D eigenvalue weighted by molar-refractivity contribution is 5.64. The third-order valence-corrected chi connectivity index (χ3v) is 7.29. The van der Waals surface area contributed by atoms with Crippen LogP contribution in [0.3, 0.4) is 0 Å². The summed E-state index contributed by atoms with van der Waals surface area (Å²) >= 11 is 0. The molecule has 0 aliphatic heterocycles. The van der Waals surface area contributed by atoms with Crippen LogP contribution in [-0.2, 0) is 4.74 Å². The molecule has 0 rings (SSSR count). The van der Waals surface area contributed by atoms with Crippen LogP contribution in [0.1, 0.15) is 187 Å². The molecule has 0 saturated heterocycles. The first-order valence-electron chi connectivity index (χ1n) is 15.7. The fourth-order valence-electron chi connectivity index (χ4n) is 5.03. The molecule has 3 heteroatoms. The monoisotopic (exact) mass is 481 g/mol. The number of amides is 1. The average Bonchev–Trinajstić information content (AvgIpc) is 2.82. The van der Waals surface area contributed by atoms with E-state index in [0.29, 0.717) is 0 Å². The van der Waals surface area contributed by atoms with Crippen LogP contribution >= 0.6 is 0 Å². The third-order valence-electron chi connectivity index (χ3n) is 7.29. The fourth-order valence-corrected chi connectivity index (χ4v) is 5.03. The lowest BCUT2D eigenvalue weighted by Crippen LogP contribution is -2.22. The molecule has 0 spiro atoms. The second-order valence-electron chi connectivity index (χ2n) is 10.8. The molecule has 2 N–H and O–H groups in total. The van der Waals surface area contributed by atoms with Gasteiger partial charge in [-0.25, -0.2) is 4.79 Å². The highest BCUT2D eigenvalue weighted by atomic mass is 16.6. The normalized spacial score (nSPS) is 12.2. The summed E-state index contributed by atoms with van der Waals surface area (Å²) in [6.07, 6.45) is 35.5. The molecule has 0 aliphatic rings. The molecule has 0 fully saturated rings. The Morgan fingerprint density at radius 3 is 0.941 bits per heavy atom. The van der Waals surface area contributed by atoms with E-state index < -0.39 is 6.09 Å². The Kier molecular flexibility index (Phi) is 27.9. The van der Waals surface area contributed by atoms with Gasteiger partial charge in [-0.2, -0.15) is 0 Å². The van der Waals surface area contributed by atoms with Crippen LogP contribution in [0.4, 0.5) is 4.79 Å². The highest BCUT2D eigenvalue weighted by Gasteiger charge is 2.12. The van der Waals surface area contributed by atoms with Gasteiger partial charge >= 0.3 is 6.09 Å². The minimum atomic E-state index is -0.599. The van der Waals surface area contributed by atoms with E-state index in [0.717, 1.165) is 25.7 Å². The van der Waals surface area contributed by atoms with E-state index in [1.54, 1.807) is 0 Å². The summed E-state index contributed by atoms with van der Waals surface area (Å²) in [7, 11) is 0. The zero-order valence-electron chi connectivity index (χ0n) is 23.6. The summed E-state index contributed by atoms with van der Waals surface area (Å²) in [4.78, 5) is 11.3. The van der Waals surface area contributed by atoms with Crippen molar-refractivity contribution in [3.05, 3.63) is 0 Å². The van der Waals surface area contributed by atoms with Crippen molar-refractivity contribution in [1.29, 1.82) is 0 Å². The lowest BCUT2D eigenvalue weighted by Gasteiger charge is -2.16. The minimum absolute atomic E-state index is 0.0357. The van der Waals surface area contributed by atoms with Gasteiger partial charge in [0.1, 0.15) is 6.10 Å².